The zero-order valence-electron chi connectivity index (χ0n) is 16.6. The molecule has 1 heterocycles. The maximum atomic E-state index is 12.2. The number of amides is 1. The largest absolute Gasteiger partial charge is 0.412 e. The molecule has 150 valence electrons. The molecular formula is C26H24N2O2. The molecule has 1 N–H and O–H groups in total. The van der Waals surface area contributed by atoms with Crippen LogP contribution in [-0.2, 0) is 0 Å². The van der Waals surface area contributed by atoms with Crippen molar-refractivity contribution in [2.45, 2.75) is 12.3 Å². The highest BCUT2D eigenvalue weighted by Gasteiger charge is 2.14. The average molecular weight is 396 g/mol. The molecule has 3 aromatic carbocycles. The Morgan fingerprint density at radius 3 is 1.90 bits per heavy atom. The van der Waals surface area contributed by atoms with Crippen LogP contribution in [0.15, 0.2) is 109 Å². The Hall–Kier alpha value is -3.79. The van der Waals surface area contributed by atoms with Crippen molar-refractivity contribution in [3.8, 4) is 11.4 Å². The van der Waals surface area contributed by atoms with Crippen molar-refractivity contribution >= 4 is 6.09 Å². The van der Waals surface area contributed by atoms with Crippen molar-refractivity contribution in [3.05, 3.63) is 121 Å². The second-order valence-electron chi connectivity index (χ2n) is 7.06. The summed E-state index contributed by atoms with van der Waals surface area (Å²) >= 11 is 0. The predicted octanol–water partition coefficient (Wildman–Crippen LogP) is 5.79. The van der Waals surface area contributed by atoms with E-state index in [-0.39, 0.29) is 5.92 Å². The van der Waals surface area contributed by atoms with Crippen LogP contribution in [0.3, 0.4) is 0 Å². The topological polar surface area (TPSA) is 43.3 Å². The highest BCUT2D eigenvalue weighted by molar-refractivity contribution is 5.70. The van der Waals surface area contributed by atoms with Crippen LogP contribution in [0.2, 0.25) is 0 Å². The fraction of sp³-hybridized carbons (Fsp3) is 0.115. The third-order valence-corrected chi connectivity index (χ3v) is 5.06. The molecule has 0 radical (unpaired) electrons. The standard InChI is InChI=1S/C26H24N2O2/c29-26(30-24-15-13-23(14-16-24)28-19-7-8-20-28)27-18-17-25(21-9-3-1-4-10-21)22-11-5-2-6-12-22/h1-16,19-20,25H,17-18H2,(H,27,29). The van der Waals surface area contributed by atoms with E-state index in [9.17, 15) is 4.79 Å². The number of aromatic nitrogens is 1. The number of carbonyl (C=O) groups excluding carboxylic acids is 1. The Morgan fingerprint density at radius 1 is 0.767 bits per heavy atom. The highest BCUT2D eigenvalue weighted by Crippen LogP contribution is 2.27. The van der Waals surface area contributed by atoms with Gasteiger partial charge in [-0.25, -0.2) is 4.79 Å². The van der Waals surface area contributed by atoms with Crippen LogP contribution in [0.1, 0.15) is 23.5 Å². The number of benzene rings is 3. The SMILES string of the molecule is O=C(NCCC(c1ccccc1)c1ccccc1)Oc1ccc(-n2cccc2)cc1. The number of carbonyl (C=O) groups is 1. The summed E-state index contributed by atoms with van der Waals surface area (Å²) in [6.45, 7) is 0.523. The molecule has 4 rings (SSSR count). The van der Waals surface area contributed by atoms with Gasteiger partial charge in [0.15, 0.2) is 0 Å². The molecule has 30 heavy (non-hydrogen) atoms. The van der Waals surface area contributed by atoms with Crippen molar-refractivity contribution in [1.82, 2.24) is 9.88 Å². The summed E-state index contributed by atoms with van der Waals surface area (Å²) in [5.74, 6) is 0.736. The van der Waals surface area contributed by atoms with E-state index in [2.05, 4.69) is 29.6 Å². The molecule has 4 nitrogen and oxygen atoms in total. The Balaban J connectivity index is 1.33. The van der Waals surface area contributed by atoms with Gasteiger partial charge in [-0.3, -0.25) is 0 Å². The fourth-order valence-electron chi connectivity index (χ4n) is 3.55. The van der Waals surface area contributed by atoms with Gasteiger partial charge in [0.2, 0.25) is 0 Å². The van der Waals surface area contributed by atoms with Gasteiger partial charge in [-0.2, -0.15) is 0 Å². The van der Waals surface area contributed by atoms with Gasteiger partial charge < -0.3 is 14.6 Å². The molecule has 0 atom stereocenters. The van der Waals surface area contributed by atoms with E-state index in [1.807, 2.05) is 77.6 Å². The number of rotatable bonds is 7. The first kappa shape index (κ1) is 19.5. The van der Waals surface area contributed by atoms with Gasteiger partial charge in [-0.15, -0.1) is 0 Å². The van der Waals surface area contributed by atoms with Gasteiger partial charge in [-0.05, 0) is 53.9 Å². The van der Waals surface area contributed by atoms with E-state index in [4.69, 9.17) is 4.74 Å². The van der Waals surface area contributed by atoms with Crippen LogP contribution in [0.25, 0.3) is 5.69 Å². The molecular weight excluding hydrogens is 372 g/mol. The van der Waals surface area contributed by atoms with Crippen molar-refractivity contribution < 1.29 is 9.53 Å². The second kappa shape index (κ2) is 9.61. The van der Waals surface area contributed by atoms with Crippen LogP contribution in [-0.4, -0.2) is 17.2 Å². The molecule has 0 aliphatic rings. The van der Waals surface area contributed by atoms with Crippen molar-refractivity contribution in [2.24, 2.45) is 0 Å². The Morgan fingerprint density at radius 2 is 1.33 bits per heavy atom. The summed E-state index contributed by atoms with van der Waals surface area (Å²) < 4.78 is 7.42. The smallest absolute Gasteiger partial charge is 0.410 e. The predicted molar refractivity (Wildman–Crippen MR) is 119 cm³/mol. The Labute approximate surface area is 176 Å². The molecule has 0 spiro atoms. The minimum Gasteiger partial charge on any atom is -0.410 e. The van der Waals surface area contributed by atoms with E-state index in [0.29, 0.717) is 12.3 Å². The first-order valence-electron chi connectivity index (χ1n) is 10.1. The molecule has 4 aromatic rings. The lowest BCUT2D eigenvalue weighted by atomic mass is 9.88. The van der Waals surface area contributed by atoms with Gasteiger partial charge in [-0.1, -0.05) is 60.7 Å². The summed E-state index contributed by atoms with van der Waals surface area (Å²) in [5.41, 5.74) is 3.49. The summed E-state index contributed by atoms with van der Waals surface area (Å²) in [4.78, 5) is 12.2. The number of hydrogen-bond acceptors (Lipinski definition) is 2. The number of nitrogens with zero attached hydrogens (tertiary/aromatic N) is 1. The lowest BCUT2D eigenvalue weighted by molar-refractivity contribution is 0.200. The van der Waals surface area contributed by atoms with Crippen molar-refractivity contribution in [2.75, 3.05) is 6.54 Å². The van der Waals surface area contributed by atoms with E-state index in [0.717, 1.165) is 12.1 Å². The number of ether oxygens (including phenoxy) is 1. The lowest BCUT2D eigenvalue weighted by Gasteiger charge is -2.18. The van der Waals surface area contributed by atoms with E-state index in [1.165, 1.54) is 11.1 Å². The zero-order chi connectivity index (χ0) is 20.6. The van der Waals surface area contributed by atoms with Gasteiger partial charge >= 0.3 is 6.09 Å². The van der Waals surface area contributed by atoms with E-state index in [1.54, 1.807) is 12.1 Å². The van der Waals surface area contributed by atoms with Crippen molar-refractivity contribution in [3.63, 3.8) is 0 Å². The second-order valence-corrected chi connectivity index (χ2v) is 7.06. The van der Waals surface area contributed by atoms with E-state index < -0.39 is 6.09 Å². The first-order chi connectivity index (χ1) is 14.8. The Bertz CT molecular complexity index is 1000. The molecule has 0 saturated heterocycles. The van der Waals surface area contributed by atoms with Gasteiger partial charge in [0, 0.05) is 30.5 Å². The van der Waals surface area contributed by atoms with E-state index >= 15 is 0 Å². The normalized spacial score (nSPS) is 10.7. The molecule has 1 aromatic heterocycles. The van der Waals surface area contributed by atoms with Crippen LogP contribution in [0, 0.1) is 0 Å². The van der Waals surface area contributed by atoms with Gasteiger partial charge in [0.05, 0.1) is 0 Å². The van der Waals surface area contributed by atoms with Gasteiger partial charge in [0.1, 0.15) is 5.75 Å². The minimum atomic E-state index is -0.441. The van der Waals surface area contributed by atoms with Crippen LogP contribution >= 0.6 is 0 Å². The number of hydrogen-bond donors (Lipinski definition) is 1. The minimum absolute atomic E-state index is 0.216. The molecule has 0 fully saturated rings. The third kappa shape index (κ3) is 4.97. The third-order valence-electron chi connectivity index (χ3n) is 5.06. The molecule has 0 aliphatic carbocycles. The molecule has 0 saturated carbocycles. The summed E-state index contributed by atoms with van der Waals surface area (Å²) in [5, 5.41) is 2.88. The van der Waals surface area contributed by atoms with Crippen LogP contribution in [0.4, 0.5) is 4.79 Å². The maximum Gasteiger partial charge on any atom is 0.412 e. The quantitative estimate of drug-likeness (QED) is 0.430. The number of nitrogens with one attached hydrogen (secondary N) is 1. The summed E-state index contributed by atoms with van der Waals surface area (Å²) in [7, 11) is 0. The van der Waals surface area contributed by atoms with Gasteiger partial charge in [0.25, 0.3) is 0 Å². The molecule has 0 aliphatic heterocycles. The zero-order valence-corrected chi connectivity index (χ0v) is 16.6. The highest BCUT2D eigenvalue weighted by atomic mass is 16.6. The first-order valence-corrected chi connectivity index (χ1v) is 10.1. The molecule has 0 unspecified atom stereocenters. The van der Waals surface area contributed by atoms with Crippen molar-refractivity contribution in [1.29, 1.82) is 0 Å². The molecule has 4 heteroatoms. The summed E-state index contributed by atoms with van der Waals surface area (Å²) in [6.07, 6.45) is 4.29. The monoisotopic (exact) mass is 396 g/mol. The van der Waals surface area contributed by atoms with Crippen LogP contribution < -0.4 is 10.1 Å². The fourth-order valence-corrected chi connectivity index (χ4v) is 3.55. The lowest BCUT2D eigenvalue weighted by Crippen LogP contribution is -2.28. The summed E-state index contributed by atoms with van der Waals surface area (Å²) in [6, 6.07) is 32.1. The average Bonchev–Trinajstić information content (AvgIpc) is 3.33. The maximum absolute atomic E-state index is 12.2. The molecule has 1 amide bonds. The molecule has 0 bridgehead atoms. The Kier molecular flexibility index (Phi) is 6.25. The van der Waals surface area contributed by atoms with Crippen LogP contribution in [0.5, 0.6) is 5.75 Å².